The summed E-state index contributed by atoms with van der Waals surface area (Å²) < 4.78 is 15.8. The Morgan fingerprint density at radius 1 is 1.39 bits per heavy atom. The molecule has 0 radical (unpaired) electrons. The highest BCUT2D eigenvalue weighted by Gasteiger charge is 2.27. The number of rotatable bonds is 8. The van der Waals surface area contributed by atoms with E-state index < -0.39 is 0 Å². The zero-order chi connectivity index (χ0) is 13.4. The average Bonchev–Trinajstić information content (AvgIpc) is 2.36. The molecular formula is C13H27NO4. The molecule has 1 fully saturated rings. The van der Waals surface area contributed by atoms with E-state index in [9.17, 15) is 5.11 Å². The fourth-order valence-corrected chi connectivity index (χ4v) is 2.31. The number of nitrogens with zero attached hydrogens (tertiary/aromatic N) is 1. The summed E-state index contributed by atoms with van der Waals surface area (Å²) in [5.41, 5.74) is 0. The predicted octanol–water partition coefficient (Wildman–Crippen LogP) is 0.367. The van der Waals surface area contributed by atoms with Crippen molar-refractivity contribution in [3.63, 3.8) is 0 Å². The molecule has 0 aromatic carbocycles. The van der Waals surface area contributed by atoms with Crippen molar-refractivity contribution in [2.75, 3.05) is 53.7 Å². The Morgan fingerprint density at radius 3 is 2.78 bits per heavy atom. The summed E-state index contributed by atoms with van der Waals surface area (Å²) in [6.45, 7) is 6.51. The molecule has 0 saturated carbocycles. The van der Waals surface area contributed by atoms with Crippen molar-refractivity contribution in [3.8, 4) is 0 Å². The van der Waals surface area contributed by atoms with Crippen LogP contribution in [0.3, 0.4) is 0 Å². The molecule has 0 bridgehead atoms. The van der Waals surface area contributed by atoms with Crippen LogP contribution >= 0.6 is 0 Å². The fourth-order valence-electron chi connectivity index (χ4n) is 2.31. The van der Waals surface area contributed by atoms with Gasteiger partial charge in [0, 0.05) is 45.9 Å². The van der Waals surface area contributed by atoms with Gasteiger partial charge in [-0.2, -0.15) is 0 Å². The molecule has 3 unspecified atom stereocenters. The molecule has 1 rings (SSSR count). The van der Waals surface area contributed by atoms with Gasteiger partial charge in [-0.3, -0.25) is 4.90 Å². The summed E-state index contributed by atoms with van der Waals surface area (Å²) in [6.07, 6.45) is 0.486. The van der Waals surface area contributed by atoms with Crippen molar-refractivity contribution in [1.82, 2.24) is 4.90 Å². The predicted molar refractivity (Wildman–Crippen MR) is 69.7 cm³/mol. The summed E-state index contributed by atoms with van der Waals surface area (Å²) in [5, 5.41) is 9.99. The van der Waals surface area contributed by atoms with Crippen molar-refractivity contribution >= 4 is 0 Å². The molecule has 0 amide bonds. The molecule has 5 nitrogen and oxygen atoms in total. The van der Waals surface area contributed by atoms with Crippen LogP contribution in [0.2, 0.25) is 0 Å². The number of hydrogen-bond acceptors (Lipinski definition) is 5. The molecule has 1 aliphatic heterocycles. The smallest absolute Gasteiger partial charge is 0.0624 e. The van der Waals surface area contributed by atoms with Gasteiger partial charge >= 0.3 is 0 Å². The van der Waals surface area contributed by atoms with E-state index in [0.717, 1.165) is 19.5 Å². The Balaban J connectivity index is 2.47. The molecule has 3 atom stereocenters. The first-order chi connectivity index (χ1) is 8.69. The molecule has 1 saturated heterocycles. The van der Waals surface area contributed by atoms with Crippen molar-refractivity contribution in [3.05, 3.63) is 0 Å². The van der Waals surface area contributed by atoms with Crippen LogP contribution in [0.15, 0.2) is 0 Å². The van der Waals surface area contributed by atoms with E-state index in [2.05, 4.69) is 11.8 Å². The maximum atomic E-state index is 9.99. The van der Waals surface area contributed by atoms with Crippen molar-refractivity contribution in [1.29, 1.82) is 0 Å². The van der Waals surface area contributed by atoms with Crippen LogP contribution < -0.4 is 0 Å². The van der Waals surface area contributed by atoms with Crippen LogP contribution in [0, 0.1) is 5.92 Å². The van der Waals surface area contributed by atoms with Crippen molar-refractivity contribution < 1.29 is 19.3 Å². The van der Waals surface area contributed by atoms with Crippen LogP contribution in [0.25, 0.3) is 0 Å². The van der Waals surface area contributed by atoms with E-state index in [1.165, 1.54) is 0 Å². The van der Waals surface area contributed by atoms with Crippen LogP contribution in [0.1, 0.15) is 13.3 Å². The van der Waals surface area contributed by atoms with Crippen LogP contribution in [-0.2, 0) is 14.2 Å². The van der Waals surface area contributed by atoms with Gasteiger partial charge in [0.05, 0.1) is 25.9 Å². The number of methoxy groups -OCH3 is 2. The monoisotopic (exact) mass is 261 g/mol. The largest absolute Gasteiger partial charge is 0.393 e. The minimum atomic E-state index is -0.251. The molecule has 1 aliphatic rings. The number of ether oxygens (including phenoxy) is 3. The molecule has 0 aromatic heterocycles. The van der Waals surface area contributed by atoms with Crippen molar-refractivity contribution in [2.45, 2.75) is 25.5 Å². The number of hydrogen-bond donors (Lipinski definition) is 1. The molecule has 0 aromatic rings. The van der Waals surface area contributed by atoms with Crippen molar-refractivity contribution in [2.24, 2.45) is 5.92 Å². The number of aliphatic hydroxyl groups excluding tert-OH is 1. The molecule has 0 aliphatic carbocycles. The molecule has 108 valence electrons. The van der Waals surface area contributed by atoms with E-state index in [1.54, 1.807) is 14.2 Å². The third-order valence-corrected chi connectivity index (χ3v) is 3.52. The molecule has 1 heterocycles. The summed E-state index contributed by atoms with van der Waals surface area (Å²) in [6, 6.07) is 0.319. The molecular weight excluding hydrogens is 234 g/mol. The number of aliphatic hydroxyl groups is 1. The van der Waals surface area contributed by atoms with Gasteiger partial charge in [-0.1, -0.05) is 0 Å². The lowest BCUT2D eigenvalue weighted by Crippen LogP contribution is -2.46. The van der Waals surface area contributed by atoms with Gasteiger partial charge in [-0.25, -0.2) is 0 Å². The zero-order valence-electron chi connectivity index (χ0n) is 11.8. The fraction of sp³-hybridized carbons (Fsp3) is 1.00. The molecule has 0 spiro atoms. The lowest BCUT2D eigenvalue weighted by atomic mass is 9.97. The van der Waals surface area contributed by atoms with E-state index in [1.807, 2.05) is 0 Å². The van der Waals surface area contributed by atoms with E-state index in [-0.39, 0.29) is 12.0 Å². The topological polar surface area (TPSA) is 51.2 Å². The standard InChI is InChI=1S/C13H27NO4/c1-11(9-17-3)14(5-7-16-2)8-12-10-18-6-4-13(12)15/h11-13,15H,4-10H2,1-3H3. The van der Waals surface area contributed by atoms with Gasteiger partial charge < -0.3 is 19.3 Å². The highest BCUT2D eigenvalue weighted by Crippen LogP contribution is 2.17. The quantitative estimate of drug-likeness (QED) is 0.684. The SMILES string of the molecule is COCCN(CC1COCCC1O)C(C)COC. The Bertz CT molecular complexity index is 215. The maximum absolute atomic E-state index is 9.99. The summed E-state index contributed by atoms with van der Waals surface area (Å²) in [4.78, 5) is 2.30. The third kappa shape index (κ3) is 5.20. The second-order valence-electron chi connectivity index (χ2n) is 4.98. The molecule has 1 N–H and O–H groups in total. The van der Waals surface area contributed by atoms with Gasteiger partial charge in [0.1, 0.15) is 0 Å². The highest BCUT2D eigenvalue weighted by molar-refractivity contribution is 4.78. The van der Waals surface area contributed by atoms with E-state index in [4.69, 9.17) is 14.2 Å². The minimum Gasteiger partial charge on any atom is -0.393 e. The zero-order valence-corrected chi connectivity index (χ0v) is 11.8. The van der Waals surface area contributed by atoms with Gasteiger partial charge in [0.25, 0.3) is 0 Å². The normalized spacial score (nSPS) is 26.5. The molecule has 5 heteroatoms. The first-order valence-electron chi connectivity index (χ1n) is 6.66. The third-order valence-electron chi connectivity index (χ3n) is 3.52. The van der Waals surface area contributed by atoms with E-state index in [0.29, 0.717) is 32.5 Å². The lowest BCUT2D eigenvalue weighted by molar-refractivity contribution is -0.0549. The second-order valence-corrected chi connectivity index (χ2v) is 4.98. The average molecular weight is 261 g/mol. The van der Waals surface area contributed by atoms with Crippen LogP contribution in [-0.4, -0.2) is 75.9 Å². The van der Waals surface area contributed by atoms with Gasteiger partial charge in [0.15, 0.2) is 0 Å². The Morgan fingerprint density at radius 2 is 2.17 bits per heavy atom. The first-order valence-corrected chi connectivity index (χ1v) is 6.66. The lowest BCUT2D eigenvalue weighted by Gasteiger charge is -2.35. The molecule has 18 heavy (non-hydrogen) atoms. The Labute approximate surface area is 110 Å². The van der Waals surface area contributed by atoms with Gasteiger partial charge in [-0.15, -0.1) is 0 Å². The minimum absolute atomic E-state index is 0.190. The summed E-state index contributed by atoms with van der Waals surface area (Å²) in [5.74, 6) is 0.190. The Hall–Kier alpha value is -0.200. The maximum Gasteiger partial charge on any atom is 0.0624 e. The highest BCUT2D eigenvalue weighted by atomic mass is 16.5. The Kier molecular flexibility index (Phi) is 7.77. The second kappa shape index (κ2) is 8.82. The first kappa shape index (κ1) is 15.9. The van der Waals surface area contributed by atoms with Gasteiger partial charge in [0.2, 0.25) is 0 Å². The summed E-state index contributed by atoms with van der Waals surface area (Å²) >= 11 is 0. The van der Waals surface area contributed by atoms with Gasteiger partial charge in [-0.05, 0) is 13.3 Å². The van der Waals surface area contributed by atoms with Crippen LogP contribution in [0.4, 0.5) is 0 Å². The summed E-state index contributed by atoms with van der Waals surface area (Å²) in [7, 11) is 3.42. The van der Waals surface area contributed by atoms with Crippen LogP contribution in [0.5, 0.6) is 0 Å². The van der Waals surface area contributed by atoms with E-state index >= 15 is 0 Å².